The Kier molecular flexibility index (Phi) is 2.60. The van der Waals surface area contributed by atoms with E-state index in [1.807, 2.05) is 0 Å². The molecule has 2 heterocycles. The van der Waals surface area contributed by atoms with Gasteiger partial charge in [-0.1, -0.05) is 5.16 Å². The van der Waals surface area contributed by atoms with Crippen LogP contribution in [0, 0.1) is 5.82 Å². The summed E-state index contributed by atoms with van der Waals surface area (Å²) in [4.78, 5) is 4.33. The minimum absolute atomic E-state index is 0.164. The Hall–Kier alpha value is -1.75. The van der Waals surface area contributed by atoms with Gasteiger partial charge in [0.2, 0.25) is 11.7 Å². The molecule has 0 saturated carbocycles. The van der Waals surface area contributed by atoms with Crippen molar-refractivity contribution in [1.82, 2.24) is 15.5 Å². The van der Waals surface area contributed by atoms with Gasteiger partial charge in [-0.3, -0.25) is 0 Å². The van der Waals surface area contributed by atoms with Crippen LogP contribution in [-0.4, -0.2) is 16.7 Å². The second-order valence-corrected chi connectivity index (χ2v) is 4.11. The van der Waals surface area contributed by atoms with E-state index in [1.54, 1.807) is 12.1 Å². The lowest BCUT2D eigenvalue weighted by atomic mass is 10.2. The number of hydrogen-bond donors (Lipinski definition) is 1. The second-order valence-electron chi connectivity index (χ2n) is 4.11. The highest BCUT2D eigenvalue weighted by atomic mass is 19.1. The number of nitrogens with zero attached hydrogens (tertiary/aromatic N) is 2. The number of benzene rings is 1. The molecule has 0 aliphatic carbocycles. The van der Waals surface area contributed by atoms with Gasteiger partial charge in [-0.2, -0.15) is 4.98 Å². The summed E-state index contributed by atoms with van der Waals surface area (Å²) in [6, 6.07) is 6.23. The fourth-order valence-electron chi connectivity index (χ4n) is 1.99. The van der Waals surface area contributed by atoms with Gasteiger partial charge < -0.3 is 9.84 Å². The molecule has 1 saturated heterocycles. The van der Waals surface area contributed by atoms with Crippen LogP contribution < -0.4 is 5.32 Å². The highest BCUT2D eigenvalue weighted by Gasteiger charge is 2.22. The van der Waals surface area contributed by atoms with Gasteiger partial charge >= 0.3 is 0 Å². The largest absolute Gasteiger partial charge is 0.337 e. The van der Waals surface area contributed by atoms with Crippen LogP contribution in [0.3, 0.4) is 0 Å². The standard InChI is InChI=1S/C12H12FN3O/c13-9-5-3-8(4-6-9)11-15-12(17-16-11)10-2-1-7-14-10/h3-6,10,14H,1-2,7H2/t10-/m0/s1. The third-order valence-electron chi connectivity index (χ3n) is 2.90. The lowest BCUT2D eigenvalue weighted by molar-refractivity contribution is 0.345. The zero-order valence-corrected chi connectivity index (χ0v) is 9.19. The van der Waals surface area contributed by atoms with Crippen molar-refractivity contribution in [3.63, 3.8) is 0 Å². The van der Waals surface area contributed by atoms with Crippen molar-refractivity contribution in [2.45, 2.75) is 18.9 Å². The lowest BCUT2D eigenvalue weighted by Gasteiger charge is -2.01. The summed E-state index contributed by atoms with van der Waals surface area (Å²) in [7, 11) is 0. The van der Waals surface area contributed by atoms with E-state index in [1.165, 1.54) is 12.1 Å². The van der Waals surface area contributed by atoms with Gasteiger partial charge in [-0.25, -0.2) is 4.39 Å². The smallest absolute Gasteiger partial charge is 0.244 e. The maximum absolute atomic E-state index is 12.8. The van der Waals surface area contributed by atoms with Gasteiger partial charge in [0, 0.05) is 5.56 Å². The molecule has 17 heavy (non-hydrogen) atoms. The Bertz CT molecular complexity index is 503. The summed E-state index contributed by atoms with van der Waals surface area (Å²) in [5.41, 5.74) is 0.763. The molecule has 0 radical (unpaired) electrons. The first-order valence-electron chi connectivity index (χ1n) is 5.66. The molecule has 1 aliphatic heterocycles. The maximum Gasteiger partial charge on any atom is 0.244 e. The molecule has 1 aromatic carbocycles. The number of aromatic nitrogens is 2. The summed E-state index contributed by atoms with van der Waals surface area (Å²) in [6.45, 7) is 0.985. The molecule has 0 spiro atoms. The maximum atomic E-state index is 12.8. The summed E-state index contributed by atoms with van der Waals surface area (Å²) < 4.78 is 18.0. The van der Waals surface area contributed by atoms with Gasteiger partial charge in [0.1, 0.15) is 5.82 Å². The van der Waals surface area contributed by atoms with E-state index < -0.39 is 0 Å². The van der Waals surface area contributed by atoms with Gasteiger partial charge in [-0.05, 0) is 43.7 Å². The average Bonchev–Trinajstić information content (AvgIpc) is 3.00. The Labute approximate surface area is 97.8 Å². The summed E-state index contributed by atoms with van der Waals surface area (Å²) >= 11 is 0. The van der Waals surface area contributed by atoms with E-state index in [0.717, 1.165) is 24.9 Å². The Morgan fingerprint density at radius 2 is 2.12 bits per heavy atom. The third-order valence-corrected chi connectivity index (χ3v) is 2.90. The predicted molar refractivity (Wildman–Crippen MR) is 59.7 cm³/mol. The normalized spacial score (nSPS) is 19.7. The Morgan fingerprint density at radius 1 is 1.29 bits per heavy atom. The molecule has 3 rings (SSSR count). The van der Waals surface area contributed by atoms with E-state index in [9.17, 15) is 4.39 Å². The van der Waals surface area contributed by atoms with E-state index in [-0.39, 0.29) is 11.9 Å². The van der Waals surface area contributed by atoms with Crippen LogP contribution in [0.15, 0.2) is 28.8 Å². The minimum Gasteiger partial charge on any atom is -0.337 e. The highest BCUT2D eigenvalue weighted by molar-refractivity contribution is 5.53. The summed E-state index contributed by atoms with van der Waals surface area (Å²) in [5.74, 6) is 0.852. The topological polar surface area (TPSA) is 51.0 Å². The van der Waals surface area contributed by atoms with Gasteiger partial charge in [0.25, 0.3) is 0 Å². The molecule has 4 nitrogen and oxygen atoms in total. The van der Waals surface area contributed by atoms with Crippen molar-refractivity contribution < 1.29 is 8.91 Å². The van der Waals surface area contributed by atoms with Crippen LogP contribution in [0.4, 0.5) is 4.39 Å². The van der Waals surface area contributed by atoms with E-state index >= 15 is 0 Å². The van der Waals surface area contributed by atoms with Gasteiger partial charge in [0.15, 0.2) is 0 Å². The van der Waals surface area contributed by atoms with Gasteiger partial charge in [0.05, 0.1) is 6.04 Å². The van der Waals surface area contributed by atoms with Crippen LogP contribution in [0.1, 0.15) is 24.8 Å². The lowest BCUT2D eigenvalue weighted by Crippen LogP contribution is -2.12. The first-order valence-corrected chi connectivity index (χ1v) is 5.66. The molecule has 88 valence electrons. The molecule has 1 fully saturated rings. The zero-order chi connectivity index (χ0) is 11.7. The summed E-state index contributed by atoms with van der Waals surface area (Å²) in [6.07, 6.45) is 2.14. The summed E-state index contributed by atoms with van der Waals surface area (Å²) in [5, 5.41) is 7.20. The molecular formula is C12H12FN3O. The monoisotopic (exact) mass is 233 g/mol. The first kappa shape index (κ1) is 10.4. The van der Waals surface area contributed by atoms with Crippen LogP contribution in [0.25, 0.3) is 11.4 Å². The van der Waals surface area contributed by atoms with Crippen LogP contribution >= 0.6 is 0 Å². The fourth-order valence-corrected chi connectivity index (χ4v) is 1.99. The fraction of sp³-hybridized carbons (Fsp3) is 0.333. The number of hydrogen-bond acceptors (Lipinski definition) is 4. The third kappa shape index (κ3) is 2.06. The molecule has 0 bridgehead atoms. The Balaban J connectivity index is 1.86. The number of rotatable bonds is 2. The van der Waals surface area contributed by atoms with Crippen molar-refractivity contribution in [3.8, 4) is 11.4 Å². The Morgan fingerprint density at radius 3 is 2.82 bits per heavy atom. The number of halogens is 1. The molecule has 5 heteroatoms. The second kappa shape index (κ2) is 4.25. The van der Waals surface area contributed by atoms with Crippen molar-refractivity contribution in [2.24, 2.45) is 0 Å². The highest BCUT2D eigenvalue weighted by Crippen LogP contribution is 2.24. The molecule has 0 unspecified atom stereocenters. The molecule has 2 aromatic rings. The van der Waals surface area contributed by atoms with E-state index in [4.69, 9.17) is 4.52 Å². The molecule has 1 atom stereocenters. The van der Waals surface area contributed by atoms with Crippen molar-refractivity contribution in [3.05, 3.63) is 36.0 Å². The minimum atomic E-state index is -0.269. The molecule has 0 amide bonds. The van der Waals surface area contributed by atoms with Crippen LogP contribution in [-0.2, 0) is 0 Å². The zero-order valence-electron chi connectivity index (χ0n) is 9.19. The molecule has 1 aliphatic rings. The quantitative estimate of drug-likeness (QED) is 0.864. The SMILES string of the molecule is Fc1ccc(-c2noc([C@@H]3CCCN3)n2)cc1. The predicted octanol–water partition coefficient (Wildman–Crippen LogP) is 2.30. The van der Waals surface area contributed by atoms with Crippen LogP contribution in [0.5, 0.6) is 0 Å². The van der Waals surface area contributed by atoms with Crippen molar-refractivity contribution >= 4 is 0 Å². The van der Waals surface area contributed by atoms with Gasteiger partial charge in [-0.15, -0.1) is 0 Å². The van der Waals surface area contributed by atoms with E-state index in [2.05, 4.69) is 15.5 Å². The molecular weight excluding hydrogens is 221 g/mol. The van der Waals surface area contributed by atoms with E-state index in [0.29, 0.717) is 11.7 Å². The first-order chi connectivity index (χ1) is 8.33. The van der Waals surface area contributed by atoms with Crippen LogP contribution in [0.2, 0.25) is 0 Å². The number of nitrogens with one attached hydrogen (secondary N) is 1. The average molecular weight is 233 g/mol. The molecule has 1 N–H and O–H groups in total. The molecule has 1 aromatic heterocycles. The van der Waals surface area contributed by atoms with Crippen molar-refractivity contribution in [2.75, 3.05) is 6.54 Å². The van der Waals surface area contributed by atoms with Crippen molar-refractivity contribution in [1.29, 1.82) is 0 Å².